The molecule has 28 heavy (non-hydrogen) atoms. The lowest BCUT2D eigenvalue weighted by atomic mass is 10.2. The number of nitrogens with zero attached hydrogens (tertiary/aromatic N) is 2. The van der Waals surface area contributed by atoms with E-state index in [2.05, 4.69) is 20.5 Å². The quantitative estimate of drug-likeness (QED) is 0.309. The lowest BCUT2D eigenvalue weighted by Gasteiger charge is -2.20. The van der Waals surface area contributed by atoms with Gasteiger partial charge in [-0.3, -0.25) is 13.5 Å². The summed E-state index contributed by atoms with van der Waals surface area (Å²) >= 11 is 0. The second-order valence-electron chi connectivity index (χ2n) is 5.73. The van der Waals surface area contributed by atoms with Gasteiger partial charge in [-0.1, -0.05) is 6.08 Å². The summed E-state index contributed by atoms with van der Waals surface area (Å²) in [5.74, 6) is -2.36. The van der Waals surface area contributed by atoms with E-state index in [1.807, 2.05) is 0 Å². The molecule has 0 saturated carbocycles. The zero-order valence-electron chi connectivity index (χ0n) is 15.1. The molecule has 0 spiro atoms. The number of carbonyl (C=O) groups excluding carboxylic acids is 1. The third-order valence-electron chi connectivity index (χ3n) is 3.46. The van der Waals surface area contributed by atoms with Gasteiger partial charge >= 0.3 is 16.1 Å². The number of carbonyl (C=O) groups is 1. The molecule has 1 aliphatic heterocycles. The molecule has 12 nitrogen and oxygen atoms in total. The first-order valence-electron chi connectivity index (χ1n) is 7.60. The van der Waals surface area contributed by atoms with E-state index >= 15 is 0 Å². The minimum atomic E-state index is -4.21. The van der Waals surface area contributed by atoms with E-state index in [1.54, 1.807) is 0 Å². The molecule has 0 fully saturated rings. The van der Waals surface area contributed by atoms with Crippen LogP contribution in [0.15, 0.2) is 17.4 Å². The summed E-state index contributed by atoms with van der Waals surface area (Å²) in [7, 11) is -7.23. The number of aromatic nitrogens is 2. The smallest absolute Gasteiger partial charge is 0.360 e. The van der Waals surface area contributed by atoms with Gasteiger partial charge in [0.1, 0.15) is 5.82 Å². The van der Waals surface area contributed by atoms with Crippen molar-refractivity contribution in [3.05, 3.63) is 34.5 Å². The van der Waals surface area contributed by atoms with Gasteiger partial charge in [0.25, 0.3) is 15.7 Å². The first kappa shape index (κ1) is 22.0. The number of methoxy groups -OCH3 is 1. The summed E-state index contributed by atoms with van der Waals surface area (Å²) in [6.45, 7) is 3.14. The topological polar surface area (TPSA) is 157 Å². The summed E-state index contributed by atoms with van der Waals surface area (Å²) in [5, 5.41) is 0. The molecule has 0 amide bonds. The summed E-state index contributed by atoms with van der Waals surface area (Å²) in [6, 6.07) is -0.864. The van der Waals surface area contributed by atoms with Gasteiger partial charge in [-0.25, -0.2) is 9.78 Å². The molecule has 156 valence electrons. The Morgan fingerprint density at radius 1 is 1.25 bits per heavy atom. The third-order valence-corrected chi connectivity index (χ3v) is 4.51. The maximum Gasteiger partial charge on any atom is 0.360 e. The highest BCUT2D eigenvalue weighted by atomic mass is 32.2. The van der Waals surface area contributed by atoms with Gasteiger partial charge in [-0.2, -0.15) is 16.8 Å². The Balaban J connectivity index is 2.87. The molecule has 0 aromatic carbocycles. The van der Waals surface area contributed by atoms with E-state index in [-0.39, 0.29) is 19.0 Å². The highest BCUT2D eigenvalue weighted by Gasteiger charge is 2.35. The summed E-state index contributed by atoms with van der Waals surface area (Å²) in [4.78, 5) is 29.0. The van der Waals surface area contributed by atoms with E-state index in [0.29, 0.717) is 6.26 Å². The molecule has 0 N–H and O–H groups in total. The van der Waals surface area contributed by atoms with Gasteiger partial charge in [0.05, 0.1) is 38.9 Å². The largest absolute Gasteiger partial charge is 0.464 e. The molecule has 2 rings (SSSR count). The fourth-order valence-electron chi connectivity index (χ4n) is 2.44. The van der Waals surface area contributed by atoms with Crippen LogP contribution in [0.25, 0.3) is 0 Å². The Hall–Kier alpha value is -2.29. The normalized spacial score (nSPS) is 20.0. The van der Waals surface area contributed by atoms with Crippen molar-refractivity contribution in [2.45, 2.75) is 12.1 Å². The van der Waals surface area contributed by atoms with Gasteiger partial charge in [-0.15, -0.1) is 6.58 Å². The molecule has 1 aliphatic rings. The Labute approximate surface area is 160 Å². The van der Waals surface area contributed by atoms with E-state index in [0.717, 1.165) is 17.9 Å². The molecule has 0 radical (unpaired) electrons. The minimum absolute atomic E-state index is 0.113. The van der Waals surface area contributed by atoms with Crippen molar-refractivity contribution < 1.29 is 39.5 Å². The molecule has 1 aromatic rings. The average molecular weight is 438 g/mol. The number of fused-ring (bicyclic) bond motifs is 1. The SMILES string of the molecule is C=C[C@H]1COCC(OS(C)(=O)=O)c2nc(C(=O)OC)c(OS(C)(=O)=O)c(=O)n21. The van der Waals surface area contributed by atoms with Crippen LogP contribution in [-0.4, -0.2) is 65.2 Å². The molecule has 0 bridgehead atoms. The number of esters is 1. The van der Waals surface area contributed by atoms with Crippen LogP contribution >= 0.6 is 0 Å². The highest BCUT2D eigenvalue weighted by molar-refractivity contribution is 7.86. The average Bonchev–Trinajstić information content (AvgIpc) is 2.73. The monoisotopic (exact) mass is 438 g/mol. The van der Waals surface area contributed by atoms with E-state index < -0.39 is 55.4 Å². The zero-order chi connectivity index (χ0) is 21.3. The number of rotatable bonds is 6. The maximum absolute atomic E-state index is 13.0. The Bertz CT molecular complexity index is 1060. The fraction of sp³-hybridized carbons (Fsp3) is 0.500. The van der Waals surface area contributed by atoms with Crippen molar-refractivity contribution in [2.24, 2.45) is 0 Å². The Morgan fingerprint density at radius 3 is 2.39 bits per heavy atom. The predicted octanol–water partition coefficient (Wildman–Crippen LogP) is -0.857. The maximum atomic E-state index is 13.0. The zero-order valence-corrected chi connectivity index (χ0v) is 16.8. The predicted molar refractivity (Wildman–Crippen MR) is 94.0 cm³/mol. The molecule has 0 aliphatic carbocycles. The van der Waals surface area contributed by atoms with E-state index in [9.17, 15) is 26.4 Å². The molecule has 1 unspecified atom stereocenters. The lowest BCUT2D eigenvalue weighted by molar-refractivity contribution is 0.0558. The Kier molecular flexibility index (Phi) is 6.27. The first-order chi connectivity index (χ1) is 12.9. The van der Waals surface area contributed by atoms with E-state index in [1.165, 1.54) is 6.08 Å². The standard InChI is InChI=1S/C14H18N2O10S2/c1-5-8-6-24-7-9(25-27(3,19)20)12-15-10(14(18)23-2)11(13(17)16(8)12)26-28(4,21)22/h5,8-9H,1,6-7H2,2-4H3/t8-,9?/m0/s1. The van der Waals surface area contributed by atoms with Crippen molar-refractivity contribution in [1.82, 2.24) is 9.55 Å². The molecular weight excluding hydrogens is 420 g/mol. The highest BCUT2D eigenvalue weighted by Crippen LogP contribution is 2.27. The summed E-state index contributed by atoms with van der Waals surface area (Å²) < 4.78 is 66.6. The van der Waals surface area contributed by atoms with Crippen LogP contribution in [0.1, 0.15) is 28.5 Å². The van der Waals surface area contributed by atoms with Gasteiger partial charge in [0.15, 0.2) is 11.8 Å². The molecular formula is C14H18N2O10S2. The number of ether oxygens (including phenoxy) is 2. The molecule has 2 atom stereocenters. The summed E-state index contributed by atoms with van der Waals surface area (Å²) in [5.41, 5.74) is -1.83. The summed E-state index contributed by atoms with van der Waals surface area (Å²) in [6.07, 6.45) is 1.38. The molecule has 14 heteroatoms. The van der Waals surface area contributed by atoms with Crippen LogP contribution in [0.4, 0.5) is 0 Å². The van der Waals surface area contributed by atoms with E-state index in [4.69, 9.17) is 8.92 Å². The van der Waals surface area contributed by atoms with Crippen LogP contribution in [0.2, 0.25) is 0 Å². The lowest BCUT2D eigenvalue weighted by Crippen LogP contribution is -2.34. The van der Waals surface area contributed by atoms with Crippen molar-refractivity contribution in [3.63, 3.8) is 0 Å². The fourth-order valence-corrected chi connectivity index (χ4v) is 3.46. The molecule has 2 heterocycles. The molecule has 0 saturated heterocycles. The van der Waals surface area contributed by atoms with Gasteiger partial charge in [0.2, 0.25) is 5.75 Å². The van der Waals surface area contributed by atoms with Gasteiger partial charge < -0.3 is 13.7 Å². The van der Waals surface area contributed by atoms with Crippen LogP contribution < -0.4 is 9.74 Å². The van der Waals surface area contributed by atoms with Crippen molar-refractivity contribution in [2.75, 3.05) is 32.8 Å². The van der Waals surface area contributed by atoms with Gasteiger partial charge in [0, 0.05) is 0 Å². The minimum Gasteiger partial charge on any atom is -0.464 e. The first-order valence-corrected chi connectivity index (χ1v) is 11.2. The Morgan fingerprint density at radius 2 is 1.89 bits per heavy atom. The second kappa shape index (κ2) is 7.98. The van der Waals surface area contributed by atoms with Crippen LogP contribution in [0.5, 0.6) is 5.75 Å². The van der Waals surface area contributed by atoms with Crippen molar-refractivity contribution in [1.29, 1.82) is 0 Å². The number of hydrogen-bond acceptors (Lipinski definition) is 11. The van der Waals surface area contributed by atoms with Crippen LogP contribution in [0, 0.1) is 0 Å². The van der Waals surface area contributed by atoms with Crippen LogP contribution in [-0.2, 0) is 33.9 Å². The van der Waals surface area contributed by atoms with Crippen molar-refractivity contribution in [3.8, 4) is 5.75 Å². The van der Waals surface area contributed by atoms with Crippen LogP contribution in [0.3, 0.4) is 0 Å². The van der Waals surface area contributed by atoms with Crippen molar-refractivity contribution >= 4 is 26.2 Å². The molecule has 1 aromatic heterocycles. The van der Waals surface area contributed by atoms with Gasteiger partial charge in [-0.05, 0) is 0 Å². The second-order valence-corrected chi connectivity index (χ2v) is 8.91. The third kappa shape index (κ3) is 4.95. The number of hydrogen-bond donors (Lipinski definition) is 0.